The van der Waals surface area contributed by atoms with Crippen LogP contribution < -0.4 is 10.6 Å². The van der Waals surface area contributed by atoms with Crippen molar-refractivity contribution >= 4 is 38.7 Å². The first-order valence-corrected chi connectivity index (χ1v) is 12.5. The Morgan fingerprint density at radius 1 is 0.735 bits per heavy atom. The molecule has 2 aromatic carbocycles. The number of thiazole rings is 2. The number of rotatable bonds is 12. The predicted molar refractivity (Wildman–Crippen MR) is 139 cm³/mol. The summed E-state index contributed by atoms with van der Waals surface area (Å²) >= 11 is 2.71. The molecule has 0 spiro atoms. The van der Waals surface area contributed by atoms with Gasteiger partial charge in [0.1, 0.15) is 9.75 Å². The fourth-order valence-electron chi connectivity index (χ4n) is 3.31. The van der Waals surface area contributed by atoms with Gasteiger partial charge in [-0.15, -0.1) is 0 Å². The van der Waals surface area contributed by atoms with Gasteiger partial charge >= 0.3 is 0 Å². The molecule has 0 saturated carbocycles. The van der Waals surface area contributed by atoms with Gasteiger partial charge in [0.25, 0.3) is 0 Å². The number of carbonyl (C=O) groups excluding carboxylic acids is 1. The standard InChI is InChI=1S/C25H26N4O3S2/c1-31-15-13-26-24-28-19(17-9-5-3-6-10-17)22(33-24)21(30)23-20(18-11-7-4-8-12-18)29-25(34-23)27-14-16-32-2/h3-12H,13-16H2,1-2H3,(H,26,28)(H,27,29). The van der Waals surface area contributed by atoms with Crippen LogP contribution in [0.25, 0.3) is 22.5 Å². The molecule has 0 aliphatic carbocycles. The van der Waals surface area contributed by atoms with Crippen LogP contribution in [-0.2, 0) is 9.47 Å². The minimum Gasteiger partial charge on any atom is -0.383 e. The van der Waals surface area contributed by atoms with Gasteiger partial charge in [0.05, 0.1) is 24.6 Å². The monoisotopic (exact) mass is 494 g/mol. The number of methoxy groups -OCH3 is 2. The molecule has 0 atom stereocenters. The van der Waals surface area contributed by atoms with Crippen molar-refractivity contribution in [3.05, 3.63) is 70.4 Å². The lowest BCUT2D eigenvalue weighted by atomic mass is 10.1. The normalized spacial score (nSPS) is 10.9. The largest absolute Gasteiger partial charge is 0.383 e. The first kappa shape index (κ1) is 24.0. The molecule has 9 heteroatoms. The molecule has 0 unspecified atom stereocenters. The molecule has 0 radical (unpaired) electrons. The Morgan fingerprint density at radius 3 is 1.53 bits per heavy atom. The Balaban J connectivity index is 1.75. The Labute approximate surface area is 206 Å². The number of anilines is 2. The summed E-state index contributed by atoms with van der Waals surface area (Å²) in [5.74, 6) is -0.0905. The third-order valence-electron chi connectivity index (χ3n) is 4.93. The Bertz CT molecular complexity index is 1120. The smallest absolute Gasteiger partial charge is 0.217 e. The molecule has 4 rings (SSSR count). The zero-order chi connectivity index (χ0) is 23.8. The average molecular weight is 495 g/mol. The van der Waals surface area contributed by atoms with E-state index in [0.717, 1.165) is 11.1 Å². The molecule has 2 aromatic heterocycles. The molecule has 0 fully saturated rings. The van der Waals surface area contributed by atoms with Crippen molar-refractivity contribution in [2.45, 2.75) is 0 Å². The second kappa shape index (κ2) is 11.8. The van der Waals surface area contributed by atoms with Crippen LogP contribution in [0.2, 0.25) is 0 Å². The Hall–Kier alpha value is -3.11. The van der Waals surface area contributed by atoms with Crippen LogP contribution in [-0.4, -0.2) is 56.3 Å². The van der Waals surface area contributed by atoms with E-state index in [1.807, 2.05) is 60.7 Å². The minimum atomic E-state index is -0.0905. The maximum absolute atomic E-state index is 14.0. The highest BCUT2D eigenvalue weighted by atomic mass is 32.1. The molecule has 2 N–H and O–H groups in total. The summed E-state index contributed by atoms with van der Waals surface area (Å²) in [6.07, 6.45) is 0. The summed E-state index contributed by atoms with van der Waals surface area (Å²) in [5.41, 5.74) is 3.12. The fourth-order valence-corrected chi connectivity index (χ4v) is 5.29. The van der Waals surface area contributed by atoms with E-state index in [0.29, 0.717) is 57.7 Å². The summed E-state index contributed by atoms with van der Waals surface area (Å²) in [6, 6.07) is 19.5. The number of benzene rings is 2. The number of hydrogen-bond acceptors (Lipinski definition) is 9. The van der Waals surface area contributed by atoms with E-state index >= 15 is 0 Å². The molecule has 7 nitrogen and oxygen atoms in total. The summed E-state index contributed by atoms with van der Waals surface area (Å²) in [5, 5.41) is 7.89. The molecule has 0 aliphatic heterocycles. The zero-order valence-electron chi connectivity index (χ0n) is 19.0. The molecule has 4 aromatic rings. The fraction of sp³-hybridized carbons (Fsp3) is 0.240. The number of ketones is 1. The number of carbonyl (C=O) groups is 1. The number of hydrogen-bond donors (Lipinski definition) is 2. The van der Waals surface area contributed by atoms with E-state index in [-0.39, 0.29) is 5.78 Å². The quantitative estimate of drug-likeness (QED) is 0.205. The van der Waals surface area contributed by atoms with Gasteiger partial charge in [-0.25, -0.2) is 9.97 Å². The summed E-state index contributed by atoms with van der Waals surface area (Å²) in [6.45, 7) is 2.31. The van der Waals surface area contributed by atoms with E-state index in [1.165, 1.54) is 22.7 Å². The van der Waals surface area contributed by atoms with Gasteiger partial charge in [-0.2, -0.15) is 0 Å². The van der Waals surface area contributed by atoms with E-state index in [1.54, 1.807) is 14.2 Å². The first-order chi connectivity index (χ1) is 16.7. The highest BCUT2D eigenvalue weighted by Crippen LogP contribution is 2.38. The lowest BCUT2D eigenvalue weighted by molar-refractivity contribution is 0.104. The molecular weight excluding hydrogens is 468 g/mol. The lowest BCUT2D eigenvalue weighted by Crippen LogP contribution is -2.06. The maximum atomic E-state index is 14.0. The zero-order valence-corrected chi connectivity index (χ0v) is 20.7. The van der Waals surface area contributed by atoms with Gasteiger partial charge in [0, 0.05) is 38.4 Å². The molecule has 2 heterocycles. The molecular formula is C25H26N4O3S2. The van der Waals surface area contributed by atoms with Gasteiger partial charge in [-0.3, -0.25) is 4.79 Å². The highest BCUT2D eigenvalue weighted by Gasteiger charge is 2.26. The van der Waals surface area contributed by atoms with Crippen molar-refractivity contribution in [3.8, 4) is 22.5 Å². The topological polar surface area (TPSA) is 85.4 Å². The van der Waals surface area contributed by atoms with Crippen molar-refractivity contribution < 1.29 is 14.3 Å². The third kappa shape index (κ3) is 5.68. The van der Waals surface area contributed by atoms with E-state index in [4.69, 9.17) is 19.4 Å². The average Bonchev–Trinajstić information content (AvgIpc) is 3.50. The van der Waals surface area contributed by atoms with Gasteiger partial charge in [-0.05, 0) is 0 Å². The molecule has 0 aliphatic rings. The molecule has 176 valence electrons. The van der Waals surface area contributed by atoms with E-state index in [9.17, 15) is 4.79 Å². The SMILES string of the molecule is COCCNc1nc(-c2ccccc2)c(C(=O)c2sc(NCCOC)nc2-c2ccccc2)s1. The van der Waals surface area contributed by atoms with Crippen LogP contribution in [0.4, 0.5) is 10.3 Å². The summed E-state index contributed by atoms with van der Waals surface area (Å²) in [4.78, 5) is 24.6. The number of ether oxygens (including phenoxy) is 2. The second-order valence-corrected chi connectivity index (χ2v) is 9.29. The van der Waals surface area contributed by atoms with Crippen molar-refractivity contribution in [3.63, 3.8) is 0 Å². The number of nitrogens with zero attached hydrogens (tertiary/aromatic N) is 2. The Kier molecular flexibility index (Phi) is 8.37. The van der Waals surface area contributed by atoms with Gasteiger partial charge < -0.3 is 20.1 Å². The Morgan fingerprint density at radius 2 is 1.15 bits per heavy atom. The van der Waals surface area contributed by atoms with E-state index in [2.05, 4.69) is 10.6 Å². The molecule has 34 heavy (non-hydrogen) atoms. The van der Waals surface area contributed by atoms with Gasteiger partial charge in [0.15, 0.2) is 10.3 Å². The van der Waals surface area contributed by atoms with Crippen LogP contribution in [0.5, 0.6) is 0 Å². The first-order valence-electron chi connectivity index (χ1n) is 10.8. The van der Waals surface area contributed by atoms with Gasteiger partial charge in [0.2, 0.25) is 5.78 Å². The summed E-state index contributed by atoms with van der Waals surface area (Å²) < 4.78 is 10.3. The number of nitrogens with one attached hydrogen (secondary N) is 2. The van der Waals surface area contributed by atoms with Crippen molar-refractivity contribution in [1.82, 2.24) is 9.97 Å². The predicted octanol–water partition coefficient (Wildman–Crippen LogP) is 5.28. The van der Waals surface area contributed by atoms with Crippen LogP contribution in [0.15, 0.2) is 60.7 Å². The molecule has 0 amide bonds. The minimum absolute atomic E-state index is 0.0905. The third-order valence-corrected chi connectivity index (χ3v) is 6.95. The van der Waals surface area contributed by atoms with Crippen LogP contribution in [0.3, 0.4) is 0 Å². The van der Waals surface area contributed by atoms with Crippen molar-refractivity contribution in [2.24, 2.45) is 0 Å². The lowest BCUT2D eigenvalue weighted by Gasteiger charge is -2.03. The highest BCUT2D eigenvalue weighted by molar-refractivity contribution is 7.21. The summed E-state index contributed by atoms with van der Waals surface area (Å²) in [7, 11) is 3.31. The van der Waals surface area contributed by atoms with Crippen LogP contribution in [0.1, 0.15) is 14.5 Å². The molecule has 0 bridgehead atoms. The van der Waals surface area contributed by atoms with Crippen LogP contribution in [0, 0.1) is 0 Å². The maximum Gasteiger partial charge on any atom is 0.217 e. The van der Waals surface area contributed by atoms with E-state index < -0.39 is 0 Å². The number of aromatic nitrogens is 2. The second-order valence-electron chi connectivity index (χ2n) is 7.29. The molecule has 0 saturated heterocycles. The van der Waals surface area contributed by atoms with Crippen LogP contribution >= 0.6 is 22.7 Å². The van der Waals surface area contributed by atoms with Gasteiger partial charge in [-0.1, -0.05) is 83.3 Å². The van der Waals surface area contributed by atoms with Crippen molar-refractivity contribution in [1.29, 1.82) is 0 Å². The van der Waals surface area contributed by atoms with Crippen molar-refractivity contribution in [2.75, 3.05) is 51.2 Å².